The van der Waals surface area contributed by atoms with Gasteiger partial charge < -0.3 is 53.7 Å². The van der Waals surface area contributed by atoms with Crippen LogP contribution in [-0.2, 0) is 50.2 Å². The van der Waals surface area contributed by atoms with Gasteiger partial charge in [0, 0.05) is 0 Å². The standard InChI is InChI=1S/C6H17O21P5/c7-28(8,9)22-1-2-3(24-29(10,11)12)4(25-30(13,14)15)5(26-31(16,17)18)6(23-2)27-32(19,20)21/h2-6H,1H2,(H2,7,8,9)(H2,10,11,12)(H2,13,14,15)(H2,16,17,18)(H2,19,20,21)/t2-,3+,4+,5-,6-/m1/s1. The van der Waals surface area contributed by atoms with Crippen molar-refractivity contribution in [1.29, 1.82) is 0 Å². The van der Waals surface area contributed by atoms with Crippen molar-refractivity contribution in [3.63, 3.8) is 0 Å². The smallest absolute Gasteiger partial charge is 0.341 e. The van der Waals surface area contributed by atoms with Crippen molar-refractivity contribution in [2.75, 3.05) is 6.61 Å². The van der Waals surface area contributed by atoms with Crippen LogP contribution in [0.2, 0.25) is 0 Å². The van der Waals surface area contributed by atoms with Crippen molar-refractivity contribution in [3.05, 3.63) is 0 Å². The molecule has 5 atom stereocenters. The van der Waals surface area contributed by atoms with Crippen LogP contribution < -0.4 is 0 Å². The van der Waals surface area contributed by atoms with E-state index in [4.69, 9.17) is 53.7 Å². The third-order valence-corrected chi connectivity index (χ3v) is 5.54. The molecule has 1 aliphatic heterocycles. The fourth-order valence-electron chi connectivity index (χ4n) is 2.24. The Kier molecular flexibility index (Phi) is 10.2. The van der Waals surface area contributed by atoms with E-state index in [0.29, 0.717) is 0 Å². The van der Waals surface area contributed by atoms with Gasteiger partial charge in [-0.3, -0.25) is 22.6 Å². The summed E-state index contributed by atoms with van der Waals surface area (Å²) in [6.07, 6.45) is -13.2. The van der Waals surface area contributed by atoms with Crippen LogP contribution in [0, 0.1) is 0 Å². The highest BCUT2D eigenvalue weighted by Gasteiger charge is 2.56. The zero-order valence-corrected chi connectivity index (χ0v) is 19.3. The first kappa shape index (κ1) is 30.5. The lowest BCUT2D eigenvalue weighted by Gasteiger charge is -2.44. The second kappa shape index (κ2) is 10.6. The molecule has 0 spiro atoms. The van der Waals surface area contributed by atoms with Crippen LogP contribution in [0.5, 0.6) is 0 Å². The highest BCUT2D eigenvalue weighted by atomic mass is 31.2. The lowest BCUT2D eigenvalue weighted by Crippen LogP contribution is -2.61. The van der Waals surface area contributed by atoms with Crippen LogP contribution in [0.25, 0.3) is 0 Å². The molecule has 0 aliphatic carbocycles. The van der Waals surface area contributed by atoms with Crippen LogP contribution in [0.15, 0.2) is 0 Å². The van der Waals surface area contributed by atoms with Crippen LogP contribution in [0.3, 0.4) is 0 Å². The summed E-state index contributed by atoms with van der Waals surface area (Å²) in [5, 5.41) is 0. The maximum Gasteiger partial charge on any atom is 0.472 e. The van der Waals surface area contributed by atoms with Crippen molar-refractivity contribution in [2.45, 2.75) is 30.7 Å². The summed E-state index contributed by atoms with van der Waals surface area (Å²) in [5.41, 5.74) is 0. The molecule has 1 aliphatic rings. The number of ether oxygens (including phenoxy) is 1. The molecule has 1 heterocycles. The van der Waals surface area contributed by atoms with Crippen LogP contribution in [0.4, 0.5) is 0 Å². The number of rotatable bonds is 11. The molecule has 10 N–H and O–H groups in total. The molecular formula is C6H17O21P5. The van der Waals surface area contributed by atoms with Gasteiger partial charge >= 0.3 is 39.1 Å². The Morgan fingerprint density at radius 2 is 0.906 bits per heavy atom. The fourth-order valence-corrected chi connectivity index (χ4v) is 4.69. The summed E-state index contributed by atoms with van der Waals surface area (Å²) in [6.45, 7) is -1.44. The molecule has 192 valence electrons. The molecule has 0 saturated carbocycles. The van der Waals surface area contributed by atoms with Gasteiger partial charge in [-0.25, -0.2) is 22.8 Å². The molecule has 32 heavy (non-hydrogen) atoms. The lowest BCUT2D eigenvalue weighted by atomic mass is 9.99. The Morgan fingerprint density at radius 1 is 0.531 bits per heavy atom. The van der Waals surface area contributed by atoms with Gasteiger partial charge in [-0.05, 0) is 0 Å². The largest absolute Gasteiger partial charge is 0.472 e. The summed E-state index contributed by atoms with van der Waals surface area (Å²) in [6, 6.07) is 0. The average Bonchev–Trinajstić information content (AvgIpc) is 2.45. The van der Waals surface area contributed by atoms with Crippen molar-refractivity contribution in [2.24, 2.45) is 0 Å². The fraction of sp³-hybridized carbons (Fsp3) is 1.00. The van der Waals surface area contributed by atoms with E-state index in [2.05, 4.69) is 22.6 Å². The van der Waals surface area contributed by atoms with E-state index in [0.717, 1.165) is 0 Å². The molecule has 0 bridgehead atoms. The molecule has 1 fully saturated rings. The molecule has 1 saturated heterocycles. The molecular weight excluding hydrogens is 563 g/mol. The monoisotopic (exact) mass is 580 g/mol. The predicted molar refractivity (Wildman–Crippen MR) is 90.5 cm³/mol. The minimum atomic E-state index is -5.76. The molecule has 1 rings (SSSR count). The summed E-state index contributed by atoms with van der Waals surface area (Å²) in [5.74, 6) is 0. The molecule has 0 aromatic heterocycles. The summed E-state index contributed by atoms with van der Waals surface area (Å²) >= 11 is 0. The minimum absolute atomic E-state index is 1.44. The predicted octanol–water partition coefficient (Wildman–Crippen LogP) is -2.64. The van der Waals surface area contributed by atoms with E-state index in [1.807, 2.05) is 0 Å². The zero-order valence-electron chi connectivity index (χ0n) is 14.8. The molecule has 0 unspecified atom stereocenters. The normalized spacial score (nSPS) is 28.6. The number of phosphoric acid groups is 5. The number of hydrogen-bond acceptors (Lipinski definition) is 11. The Hall–Kier alpha value is 0.510. The summed E-state index contributed by atoms with van der Waals surface area (Å²) < 4.78 is 81.3. The molecule has 0 radical (unpaired) electrons. The molecule has 21 nitrogen and oxygen atoms in total. The second-order valence-corrected chi connectivity index (χ2v) is 11.6. The quantitative estimate of drug-likeness (QED) is 0.112. The van der Waals surface area contributed by atoms with E-state index >= 15 is 0 Å². The van der Waals surface area contributed by atoms with Gasteiger partial charge in [0.2, 0.25) is 0 Å². The molecule has 26 heteroatoms. The van der Waals surface area contributed by atoms with Gasteiger partial charge in [0.05, 0.1) is 6.61 Å². The van der Waals surface area contributed by atoms with Gasteiger partial charge in [-0.15, -0.1) is 0 Å². The van der Waals surface area contributed by atoms with Crippen LogP contribution in [0.1, 0.15) is 0 Å². The van der Waals surface area contributed by atoms with Crippen molar-refractivity contribution >= 4 is 39.1 Å². The summed E-state index contributed by atoms with van der Waals surface area (Å²) in [4.78, 5) is 89.7. The third kappa shape index (κ3) is 12.3. The molecule has 0 aromatic rings. The highest BCUT2D eigenvalue weighted by molar-refractivity contribution is 7.47. The Balaban J connectivity index is 3.58. The van der Waals surface area contributed by atoms with E-state index in [1.54, 1.807) is 0 Å². The van der Waals surface area contributed by atoms with Gasteiger partial charge in [0.25, 0.3) is 0 Å². The Morgan fingerprint density at radius 3 is 1.28 bits per heavy atom. The molecule has 0 aromatic carbocycles. The van der Waals surface area contributed by atoms with Gasteiger partial charge in [0.1, 0.15) is 18.3 Å². The van der Waals surface area contributed by atoms with Gasteiger partial charge in [-0.1, -0.05) is 0 Å². The van der Waals surface area contributed by atoms with Crippen molar-refractivity contribution < 1.29 is 99.1 Å². The SMILES string of the molecule is O=P(O)(O)OC[C@H]1O[C@H](OP(=O)(O)O)[C@H](OP(=O)(O)O)[C@@H](OP(=O)(O)O)[C@H]1OP(=O)(O)O. The maximum atomic E-state index is 11.3. The van der Waals surface area contributed by atoms with E-state index in [1.165, 1.54) is 0 Å². The topological polar surface area (TPSA) is 343 Å². The van der Waals surface area contributed by atoms with Gasteiger partial charge in [-0.2, -0.15) is 0 Å². The minimum Gasteiger partial charge on any atom is -0.341 e. The summed E-state index contributed by atoms with van der Waals surface area (Å²) in [7, 11) is -28.2. The Labute approximate surface area is 176 Å². The zero-order chi connectivity index (χ0) is 25.3. The van der Waals surface area contributed by atoms with Crippen molar-refractivity contribution in [1.82, 2.24) is 0 Å². The number of hydrogen-bond donors (Lipinski definition) is 10. The van der Waals surface area contributed by atoms with E-state index in [9.17, 15) is 22.8 Å². The highest BCUT2D eigenvalue weighted by Crippen LogP contribution is 2.52. The lowest BCUT2D eigenvalue weighted by molar-refractivity contribution is -0.270. The first-order valence-corrected chi connectivity index (χ1v) is 14.9. The average molecular weight is 580 g/mol. The van der Waals surface area contributed by atoms with Gasteiger partial charge in [0.15, 0.2) is 12.4 Å². The first-order chi connectivity index (χ1) is 14.0. The first-order valence-electron chi connectivity index (χ1n) is 7.27. The van der Waals surface area contributed by atoms with Crippen LogP contribution >= 0.6 is 39.1 Å². The van der Waals surface area contributed by atoms with Crippen molar-refractivity contribution in [3.8, 4) is 0 Å². The Bertz CT molecular complexity index is 869. The number of phosphoric ester groups is 5. The van der Waals surface area contributed by atoms with Crippen LogP contribution in [-0.4, -0.2) is 86.2 Å². The van der Waals surface area contributed by atoms with E-state index in [-0.39, 0.29) is 0 Å². The second-order valence-electron chi connectivity index (χ2n) is 5.61. The maximum absolute atomic E-state index is 11.3. The third-order valence-electron chi connectivity index (χ3n) is 3.02. The van der Waals surface area contributed by atoms with E-state index < -0.39 is 76.4 Å². The molecule has 0 amide bonds.